The first-order valence-electron chi connectivity index (χ1n) is 7.32. The molecule has 0 aliphatic rings. The van der Waals surface area contributed by atoms with Crippen LogP contribution >= 0.6 is 11.8 Å². The Bertz CT molecular complexity index is 646. The molecule has 0 radical (unpaired) electrons. The molecular formula is C18H21NO3S. The van der Waals surface area contributed by atoms with E-state index in [0.29, 0.717) is 23.6 Å². The van der Waals surface area contributed by atoms with Gasteiger partial charge in [0.05, 0.1) is 19.9 Å². The largest absolute Gasteiger partial charge is 0.497 e. The summed E-state index contributed by atoms with van der Waals surface area (Å²) >= 11 is 1.68. The van der Waals surface area contributed by atoms with Crippen LogP contribution in [0.5, 0.6) is 11.5 Å². The molecule has 2 rings (SSSR count). The topological polar surface area (TPSA) is 38.8 Å². The Balaban J connectivity index is 1.99. The molecule has 0 unspecified atom stereocenters. The number of carbonyl (C=O) groups excluding carboxylic acids is 1. The number of benzene rings is 2. The third kappa shape index (κ3) is 4.66. The summed E-state index contributed by atoms with van der Waals surface area (Å²) in [7, 11) is 4.95. The fourth-order valence-electron chi connectivity index (χ4n) is 2.13. The Labute approximate surface area is 141 Å². The molecule has 2 aromatic rings. The van der Waals surface area contributed by atoms with E-state index in [1.54, 1.807) is 50.1 Å². The molecule has 0 aromatic heterocycles. The summed E-state index contributed by atoms with van der Waals surface area (Å²) in [6.45, 7) is 0. The van der Waals surface area contributed by atoms with Crippen molar-refractivity contribution in [2.45, 2.75) is 11.3 Å². The number of hydrogen-bond acceptors (Lipinski definition) is 4. The highest BCUT2D eigenvalue weighted by molar-refractivity contribution is 7.99. The lowest BCUT2D eigenvalue weighted by atomic mass is 10.2. The number of carbonyl (C=O) groups is 1. The van der Waals surface area contributed by atoms with Crippen LogP contribution in [-0.2, 0) is 4.79 Å². The molecule has 0 aliphatic carbocycles. The van der Waals surface area contributed by atoms with E-state index in [0.717, 1.165) is 5.75 Å². The van der Waals surface area contributed by atoms with E-state index in [-0.39, 0.29) is 5.91 Å². The number of anilines is 1. The molecule has 0 bridgehead atoms. The molecule has 23 heavy (non-hydrogen) atoms. The van der Waals surface area contributed by atoms with Crippen LogP contribution in [0.3, 0.4) is 0 Å². The Morgan fingerprint density at radius 1 is 1.09 bits per heavy atom. The molecule has 122 valence electrons. The van der Waals surface area contributed by atoms with Gasteiger partial charge < -0.3 is 14.4 Å². The van der Waals surface area contributed by atoms with Crippen LogP contribution in [0.4, 0.5) is 5.69 Å². The number of rotatable bonds is 7. The van der Waals surface area contributed by atoms with Crippen LogP contribution in [0.1, 0.15) is 6.42 Å². The van der Waals surface area contributed by atoms with E-state index in [4.69, 9.17) is 9.47 Å². The van der Waals surface area contributed by atoms with Gasteiger partial charge in [-0.15, -0.1) is 11.8 Å². The lowest BCUT2D eigenvalue weighted by molar-refractivity contribution is -0.117. The van der Waals surface area contributed by atoms with Crippen molar-refractivity contribution in [2.24, 2.45) is 0 Å². The third-order valence-electron chi connectivity index (χ3n) is 3.45. The fraction of sp³-hybridized carbons (Fsp3) is 0.278. The molecule has 0 aliphatic heterocycles. The van der Waals surface area contributed by atoms with Crippen LogP contribution in [0.15, 0.2) is 53.4 Å². The molecule has 5 heteroatoms. The minimum absolute atomic E-state index is 0.0417. The lowest BCUT2D eigenvalue weighted by Gasteiger charge is -2.20. The zero-order valence-electron chi connectivity index (χ0n) is 13.6. The SMILES string of the molecule is COc1ccc(OC)c(N(C)C(=O)CCSc2ccccc2)c1. The summed E-state index contributed by atoms with van der Waals surface area (Å²) in [5, 5.41) is 0. The lowest BCUT2D eigenvalue weighted by Crippen LogP contribution is -2.26. The van der Waals surface area contributed by atoms with Crippen molar-refractivity contribution >= 4 is 23.4 Å². The van der Waals surface area contributed by atoms with Gasteiger partial charge in [0.15, 0.2) is 0 Å². The van der Waals surface area contributed by atoms with Gasteiger partial charge in [0.2, 0.25) is 5.91 Å². The van der Waals surface area contributed by atoms with Gasteiger partial charge in [-0.05, 0) is 24.3 Å². The van der Waals surface area contributed by atoms with Gasteiger partial charge in [0.1, 0.15) is 11.5 Å². The second kappa shape index (κ2) is 8.48. The van der Waals surface area contributed by atoms with Crippen LogP contribution in [-0.4, -0.2) is 32.9 Å². The van der Waals surface area contributed by atoms with Gasteiger partial charge in [-0.25, -0.2) is 0 Å². The first-order valence-corrected chi connectivity index (χ1v) is 8.30. The monoisotopic (exact) mass is 331 g/mol. The van der Waals surface area contributed by atoms with Crippen molar-refractivity contribution in [3.63, 3.8) is 0 Å². The van der Waals surface area contributed by atoms with Gasteiger partial charge >= 0.3 is 0 Å². The summed E-state index contributed by atoms with van der Waals surface area (Å²) in [5.74, 6) is 2.12. The van der Waals surface area contributed by atoms with Gasteiger partial charge in [-0.1, -0.05) is 18.2 Å². The molecule has 2 aromatic carbocycles. The maximum Gasteiger partial charge on any atom is 0.227 e. The number of hydrogen-bond donors (Lipinski definition) is 0. The number of nitrogens with zero attached hydrogens (tertiary/aromatic N) is 1. The average molecular weight is 331 g/mol. The Morgan fingerprint density at radius 3 is 2.48 bits per heavy atom. The Morgan fingerprint density at radius 2 is 1.83 bits per heavy atom. The molecular weight excluding hydrogens is 310 g/mol. The number of amides is 1. The predicted molar refractivity (Wildman–Crippen MR) is 94.7 cm³/mol. The standard InChI is InChI=1S/C18H21NO3S/c1-19(16-13-14(21-2)9-10-17(16)22-3)18(20)11-12-23-15-7-5-4-6-8-15/h4-10,13H,11-12H2,1-3H3. The van der Waals surface area contributed by atoms with Gasteiger partial charge in [-0.2, -0.15) is 0 Å². The Hall–Kier alpha value is -2.14. The number of methoxy groups -OCH3 is 2. The smallest absolute Gasteiger partial charge is 0.227 e. The highest BCUT2D eigenvalue weighted by atomic mass is 32.2. The van der Waals surface area contributed by atoms with Crippen molar-refractivity contribution in [3.8, 4) is 11.5 Å². The minimum atomic E-state index is 0.0417. The molecule has 0 saturated heterocycles. The zero-order chi connectivity index (χ0) is 16.7. The summed E-state index contributed by atoms with van der Waals surface area (Å²) in [5.41, 5.74) is 0.710. The van der Waals surface area contributed by atoms with Crippen LogP contribution < -0.4 is 14.4 Å². The van der Waals surface area contributed by atoms with Crippen LogP contribution in [0.2, 0.25) is 0 Å². The van der Waals surface area contributed by atoms with Crippen molar-refractivity contribution in [3.05, 3.63) is 48.5 Å². The summed E-state index contributed by atoms with van der Waals surface area (Å²) in [4.78, 5) is 15.2. The first-order chi connectivity index (χ1) is 11.2. The quantitative estimate of drug-likeness (QED) is 0.723. The van der Waals surface area contributed by atoms with Gasteiger partial charge in [0.25, 0.3) is 0 Å². The van der Waals surface area contributed by atoms with Crippen molar-refractivity contribution in [2.75, 3.05) is 31.9 Å². The first kappa shape index (κ1) is 17.2. The zero-order valence-corrected chi connectivity index (χ0v) is 14.4. The molecule has 0 fully saturated rings. The molecule has 0 heterocycles. The van der Waals surface area contributed by atoms with E-state index in [2.05, 4.69) is 0 Å². The van der Waals surface area contributed by atoms with Crippen molar-refractivity contribution in [1.29, 1.82) is 0 Å². The van der Waals surface area contributed by atoms with E-state index in [1.807, 2.05) is 36.4 Å². The molecule has 0 spiro atoms. The van der Waals surface area contributed by atoms with E-state index in [1.165, 1.54) is 4.90 Å². The fourth-order valence-corrected chi connectivity index (χ4v) is 3.00. The molecule has 1 amide bonds. The maximum atomic E-state index is 12.4. The second-order valence-electron chi connectivity index (χ2n) is 4.90. The average Bonchev–Trinajstić information content (AvgIpc) is 2.61. The van der Waals surface area contributed by atoms with Crippen molar-refractivity contribution < 1.29 is 14.3 Å². The van der Waals surface area contributed by atoms with Crippen LogP contribution in [0.25, 0.3) is 0 Å². The van der Waals surface area contributed by atoms with Gasteiger partial charge in [-0.3, -0.25) is 4.79 Å². The highest BCUT2D eigenvalue weighted by Gasteiger charge is 2.16. The highest BCUT2D eigenvalue weighted by Crippen LogP contribution is 2.32. The normalized spacial score (nSPS) is 10.2. The summed E-state index contributed by atoms with van der Waals surface area (Å²) in [6, 6.07) is 15.5. The maximum absolute atomic E-state index is 12.4. The van der Waals surface area contributed by atoms with Gasteiger partial charge in [0, 0.05) is 30.2 Å². The number of thioether (sulfide) groups is 1. The Kier molecular flexibility index (Phi) is 6.35. The summed E-state index contributed by atoms with van der Waals surface area (Å²) < 4.78 is 10.6. The number of ether oxygens (including phenoxy) is 2. The van der Waals surface area contributed by atoms with E-state index < -0.39 is 0 Å². The summed E-state index contributed by atoms with van der Waals surface area (Å²) in [6.07, 6.45) is 0.455. The third-order valence-corrected chi connectivity index (χ3v) is 4.46. The molecule has 4 nitrogen and oxygen atoms in total. The predicted octanol–water partition coefficient (Wildman–Crippen LogP) is 3.85. The second-order valence-corrected chi connectivity index (χ2v) is 6.07. The molecule has 0 saturated carbocycles. The molecule has 0 N–H and O–H groups in total. The van der Waals surface area contributed by atoms with E-state index >= 15 is 0 Å². The van der Waals surface area contributed by atoms with Crippen molar-refractivity contribution in [1.82, 2.24) is 0 Å². The molecule has 0 atom stereocenters. The van der Waals surface area contributed by atoms with Crippen LogP contribution in [0, 0.1) is 0 Å². The minimum Gasteiger partial charge on any atom is -0.497 e. The van der Waals surface area contributed by atoms with E-state index in [9.17, 15) is 4.79 Å².